The van der Waals surface area contributed by atoms with Gasteiger partial charge >= 0.3 is 0 Å². The molecule has 0 aromatic rings. The number of halogens is 2. The highest BCUT2D eigenvalue weighted by atomic mass is 19.3. The van der Waals surface area contributed by atoms with Gasteiger partial charge in [-0.1, -0.05) is 0 Å². The minimum absolute atomic E-state index is 0.0483. The molecule has 1 atom stereocenters. The second-order valence-electron chi connectivity index (χ2n) is 3.62. The van der Waals surface area contributed by atoms with E-state index in [1.54, 1.807) is 13.8 Å². The predicted molar refractivity (Wildman–Crippen MR) is 43.5 cm³/mol. The van der Waals surface area contributed by atoms with Crippen molar-refractivity contribution in [3.63, 3.8) is 0 Å². The fraction of sp³-hybridized carbons (Fsp3) is 1.00. The Morgan fingerprint density at radius 1 is 1.54 bits per heavy atom. The van der Waals surface area contributed by atoms with Crippen LogP contribution in [-0.2, 0) is 9.47 Å². The number of rotatable bonds is 3. The van der Waals surface area contributed by atoms with Crippen molar-refractivity contribution < 1.29 is 18.3 Å². The van der Waals surface area contributed by atoms with Gasteiger partial charge in [0.2, 0.25) is 0 Å². The maximum atomic E-state index is 13.2. The van der Waals surface area contributed by atoms with Gasteiger partial charge < -0.3 is 15.2 Å². The van der Waals surface area contributed by atoms with Gasteiger partial charge in [0.25, 0.3) is 5.92 Å². The van der Waals surface area contributed by atoms with Gasteiger partial charge in [-0.25, -0.2) is 8.78 Å². The number of alkyl halides is 2. The van der Waals surface area contributed by atoms with Gasteiger partial charge in [-0.2, -0.15) is 0 Å². The van der Waals surface area contributed by atoms with E-state index in [1.807, 2.05) is 0 Å². The highest BCUT2D eigenvalue weighted by Gasteiger charge is 2.47. The van der Waals surface area contributed by atoms with Crippen molar-refractivity contribution in [2.45, 2.75) is 38.1 Å². The zero-order valence-corrected chi connectivity index (χ0v) is 7.85. The number of nitrogens with two attached hydrogens (primary N) is 1. The molecule has 3 nitrogen and oxygen atoms in total. The van der Waals surface area contributed by atoms with Crippen molar-refractivity contribution in [1.82, 2.24) is 0 Å². The van der Waals surface area contributed by atoms with E-state index in [0.29, 0.717) is 0 Å². The molecular formula is C8H15F2NO2. The maximum absolute atomic E-state index is 13.2. The van der Waals surface area contributed by atoms with Crippen molar-refractivity contribution in [2.24, 2.45) is 5.73 Å². The molecule has 0 aromatic heterocycles. The molecule has 0 bridgehead atoms. The molecule has 0 aliphatic carbocycles. The molecule has 1 aliphatic rings. The average Bonchev–Trinajstić information content (AvgIpc) is 2.30. The Bertz CT molecular complexity index is 185. The largest absolute Gasteiger partial charge is 0.348 e. The highest BCUT2D eigenvalue weighted by Crippen LogP contribution is 2.33. The summed E-state index contributed by atoms with van der Waals surface area (Å²) in [6, 6.07) is 0. The van der Waals surface area contributed by atoms with Crippen LogP contribution in [0.2, 0.25) is 0 Å². The van der Waals surface area contributed by atoms with Crippen LogP contribution >= 0.6 is 0 Å². The number of hydrogen-bond acceptors (Lipinski definition) is 3. The number of hydrogen-bond donors (Lipinski definition) is 1. The van der Waals surface area contributed by atoms with Crippen LogP contribution in [0.5, 0.6) is 0 Å². The molecule has 1 aliphatic heterocycles. The third-order valence-corrected chi connectivity index (χ3v) is 1.96. The number of ether oxygens (including phenoxy) is 2. The van der Waals surface area contributed by atoms with Gasteiger partial charge in [-0.05, 0) is 20.4 Å². The Morgan fingerprint density at radius 2 is 2.15 bits per heavy atom. The molecule has 1 unspecified atom stereocenters. The maximum Gasteiger partial charge on any atom is 0.277 e. The quantitative estimate of drug-likeness (QED) is 0.734. The molecule has 2 N–H and O–H groups in total. The second kappa shape index (κ2) is 3.48. The zero-order valence-electron chi connectivity index (χ0n) is 7.85. The summed E-state index contributed by atoms with van der Waals surface area (Å²) in [4.78, 5) is 0. The van der Waals surface area contributed by atoms with E-state index < -0.39 is 17.8 Å². The van der Waals surface area contributed by atoms with E-state index in [-0.39, 0.29) is 19.6 Å². The second-order valence-corrected chi connectivity index (χ2v) is 3.62. The molecule has 1 saturated heterocycles. The van der Waals surface area contributed by atoms with Gasteiger partial charge in [0.15, 0.2) is 5.79 Å². The minimum Gasteiger partial charge on any atom is -0.348 e. The zero-order chi connectivity index (χ0) is 10.1. The fourth-order valence-electron chi connectivity index (χ4n) is 1.25. The van der Waals surface area contributed by atoms with Crippen molar-refractivity contribution in [3.8, 4) is 0 Å². The lowest BCUT2D eigenvalue weighted by atomic mass is 10.1. The third kappa shape index (κ3) is 2.59. The van der Waals surface area contributed by atoms with Crippen molar-refractivity contribution in [3.05, 3.63) is 0 Å². The predicted octanol–water partition coefficient (Wildman–Crippen LogP) is 1.12. The minimum atomic E-state index is -2.89. The summed E-state index contributed by atoms with van der Waals surface area (Å²) < 4.78 is 36.5. The van der Waals surface area contributed by atoms with E-state index >= 15 is 0 Å². The Morgan fingerprint density at radius 3 is 2.54 bits per heavy atom. The Hall–Kier alpha value is -0.260. The summed E-state index contributed by atoms with van der Waals surface area (Å²) in [7, 11) is 0. The topological polar surface area (TPSA) is 44.5 Å². The average molecular weight is 195 g/mol. The lowest BCUT2D eigenvalue weighted by Crippen LogP contribution is -2.38. The summed E-state index contributed by atoms with van der Waals surface area (Å²) in [5.74, 6) is -3.79. The SMILES string of the molecule is CC1(C)OCC(C(F)(F)CCN)O1. The van der Waals surface area contributed by atoms with E-state index in [1.165, 1.54) is 0 Å². The van der Waals surface area contributed by atoms with Gasteiger partial charge in [0.05, 0.1) is 6.61 Å². The fourth-order valence-corrected chi connectivity index (χ4v) is 1.25. The lowest BCUT2D eigenvalue weighted by molar-refractivity contribution is -0.182. The summed E-state index contributed by atoms with van der Waals surface area (Å²) in [5.41, 5.74) is 5.07. The van der Waals surface area contributed by atoms with Crippen LogP contribution < -0.4 is 5.73 Å². The standard InChI is InChI=1S/C8H15F2NO2/c1-7(2)12-5-6(13-7)8(9,10)3-4-11/h6H,3-5,11H2,1-2H3. The molecule has 0 amide bonds. The molecule has 0 saturated carbocycles. The molecule has 0 radical (unpaired) electrons. The van der Waals surface area contributed by atoms with Gasteiger partial charge in [-0.15, -0.1) is 0 Å². The van der Waals surface area contributed by atoms with Gasteiger partial charge in [0, 0.05) is 6.42 Å². The summed E-state index contributed by atoms with van der Waals surface area (Å²) in [6.45, 7) is 3.12. The van der Waals surface area contributed by atoms with Crippen molar-refractivity contribution >= 4 is 0 Å². The van der Waals surface area contributed by atoms with Crippen LogP contribution in [0.3, 0.4) is 0 Å². The van der Waals surface area contributed by atoms with Gasteiger partial charge in [-0.3, -0.25) is 0 Å². The third-order valence-electron chi connectivity index (χ3n) is 1.96. The van der Waals surface area contributed by atoms with Crippen molar-refractivity contribution in [1.29, 1.82) is 0 Å². The Kier molecular flexibility index (Phi) is 2.89. The molecule has 1 heterocycles. The van der Waals surface area contributed by atoms with E-state index in [0.717, 1.165) is 0 Å². The molecule has 1 rings (SSSR count). The first-order valence-corrected chi connectivity index (χ1v) is 4.27. The Balaban J connectivity index is 2.54. The summed E-state index contributed by atoms with van der Waals surface area (Å²) in [5, 5.41) is 0. The molecule has 13 heavy (non-hydrogen) atoms. The molecule has 0 aromatic carbocycles. The Labute approximate surface area is 76.2 Å². The van der Waals surface area contributed by atoms with E-state index in [2.05, 4.69) is 0 Å². The van der Waals surface area contributed by atoms with Gasteiger partial charge in [0.1, 0.15) is 6.10 Å². The molecule has 0 spiro atoms. The van der Waals surface area contributed by atoms with Crippen LogP contribution in [0.4, 0.5) is 8.78 Å². The lowest BCUT2D eigenvalue weighted by Gasteiger charge is -2.23. The molecule has 1 fully saturated rings. The molecule has 78 valence electrons. The van der Waals surface area contributed by atoms with Crippen LogP contribution in [0.15, 0.2) is 0 Å². The molecule has 5 heteroatoms. The van der Waals surface area contributed by atoms with Crippen LogP contribution in [-0.4, -0.2) is 31.0 Å². The molecular weight excluding hydrogens is 180 g/mol. The van der Waals surface area contributed by atoms with Crippen molar-refractivity contribution in [2.75, 3.05) is 13.2 Å². The summed E-state index contributed by atoms with van der Waals surface area (Å²) in [6.07, 6.45) is -1.53. The van der Waals surface area contributed by atoms with Crippen LogP contribution in [0.1, 0.15) is 20.3 Å². The monoisotopic (exact) mass is 195 g/mol. The summed E-state index contributed by atoms with van der Waals surface area (Å²) >= 11 is 0. The van der Waals surface area contributed by atoms with E-state index in [4.69, 9.17) is 15.2 Å². The van der Waals surface area contributed by atoms with E-state index in [9.17, 15) is 8.78 Å². The van der Waals surface area contributed by atoms with Crippen LogP contribution in [0.25, 0.3) is 0 Å². The van der Waals surface area contributed by atoms with Crippen LogP contribution in [0, 0.1) is 0 Å². The first kappa shape index (κ1) is 10.8. The highest BCUT2D eigenvalue weighted by molar-refractivity contribution is 4.83. The smallest absolute Gasteiger partial charge is 0.277 e. The normalized spacial score (nSPS) is 27.9. The first-order chi connectivity index (χ1) is 5.87. The first-order valence-electron chi connectivity index (χ1n) is 4.27.